The highest BCUT2D eigenvalue weighted by Crippen LogP contribution is 2.48. The molecular formula is C23H28O12. The number of aryl methyl sites for hydroxylation is 1. The minimum absolute atomic E-state index is 0.00272. The number of aliphatic hydroxyl groups excluding tert-OH is 1. The summed E-state index contributed by atoms with van der Waals surface area (Å²) in [4.78, 5) is 61.3. The molecule has 1 heterocycles. The van der Waals surface area contributed by atoms with Crippen LogP contribution in [0.15, 0.2) is 18.2 Å². The van der Waals surface area contributed by atoms with Crippen LogP contribution < -0.4 is 9.47 Å². The van der Waals surface area contributed by atoms with E-state index in [0.717, 1.165) is 26.8 Å². The Balaban J connectivity index is 2.81. The second-order valence-electron chi connectivity index (χ2n) is 8.55. The molecule has 6 atom stereocenters. The zero-order valence-electron chi connectivity index (χ0n) is 20.0. The molecule has 35 heavy (non-hydrogen) atoms. The Morgan fingerprint density at radius 2 is 1.37 bits per heavy atom. The number of carbonyl (C=O) groups is 5. The molecule has 0 aliphatic carbocycles. The number of Topliss-reactive ketones (excluding diaryl/α,β-unsaturated/α-hetero) is 4. The molecule has 2 rings (SSSR count). The van der Waals surface area contributed by atoms with E-state index < -0.39 is 64.4 Å². The van der Waals surface area contributed by atoms with Crippen LogP contribution in [0, 0.1) is 6.92 Å². The summed E-state index contributed by atoms with van der Waals surface area (Å²) in [6, 6.07) is 3.97. The van der Waals surface area contributed by atoms with Crippen LogP contribution in [0.5, 0.6) is 11.5 Å². The van der Waals surface area contributed by atoms with Gasteiger partial charge in [-0.1, -0.05) is 0 Å². The molecule has 0 radical (unpaired) electrons. The van der Waals surface area contributed by atoms with Gasteiger partial charge >= 0.3 is 5.97 Å². The van der Waals surface area contributed by atoms with E-state index in [1.54, 1.807) is 6.92 Å². The number of ketones is 4. The fourth-order valence-electron chi connectivity index (χ4n) is 4.17. The maximum absolute atomic E-state index is 12.7. The molecule has 192 valence electrons. The first kappa shape index (κ1) is 28.2. The summed E-state index contributed by atoms with van der Waals surface area (Å²) in [7, 11) is 0. The monoisotopic (exact) mass is 496 g/mol. The van der Waals surface area contributed by atoms with Gasteiger partial charge in [0, 0.05) is 13.0 Å². The molecule has 0 saturated carbocycles. The van der Waals surface area contributed by atoms with Crippen molar-refractivity contribution >= 4 is 29.1 Å². The molecule has 1 fully saturated rings. The molecule has 12 nitrogen and oxygen atoms in total. The van der Waals surface area contributed by atoms with Crippen LogP contribution >= 0.6 is 0 Å². The van der Waals surface area contributed by atoms with Crippen molar-refractivity contribution in [2.75, 3.05) is 0 Å². The lowest BCUT2D eigenvalue weighted by atomic mass is 9.60. The Labute approximate surface area is 200 Å². The lowest BCUT2D eigenvalue weighted by molar-refractivity contribution is -0.358. The Kier molecular flexibility index (Phi) is 7.70. The van der Waals surface area contributed by atoms with Crippen LogP contribution in [-0.4, -0.2) is 84.8 Å². The summed E-state index contributed by atoms with van der Waals surface area (Å²) in [6.07, 6.45) is -6.96. The first-order valence-electron chi connectivity index (χ1n) is 10.5. The predicted octanol–water partition coefficient (Wildman–Crippen LogP) is -1.07. The maximum atomic E-state index is 12.7. The third-order valence-corrected chi connectivity index (χ3v) is 5.94. The lowest BCUT2D eigenvalue weighted by Gasteiger charge is -2.57. The van der Waals surface area contributed by atoms with Gasteiger partial charge in [0.2, 0.25) is 17.5 Å². The van der Waals surface area contributed by atoms with Crippen molar-refractivity contribution in [3.05, 3.63) is 23.8 Å². The SMILES string of the molecule is CC(=O)Oc1cc(C)cc(O[C@@H]2O[C@H](C(O)C(C)=O)[C@](O)(C(C)=O)[C@@](O)(C(C)=O)[C@]2(O)C(C)=O)c1. The highest BCUT2D eigenvalue weighted by molar-refractivity contribution is 6.05. The molecule has 0 amide bonds. The zero-order valence-corrected chi connectivity index (χ0v) is 20.0. The minimum atomic E-state index is -3.62. The van der Waals surface area contributed by atoms with Gasteiger partial charge in [-0.25, -0.2) is 0 Å². The standard InChI is InChI=1S/C23H28O12/c1-10-7-16(33-15(6)28)9-17(8-10)34-20-22(31,13(4)26)23(32,14(5)27)21(30,12(3)25)19(35-20)18(29)11(2)24/h7-9,18-20,29-32H,1-6H3/t18?,19-,20-,21-,22+,23+/m1/s1. The second kappa shape index (κ2) is 9.55. The van der Waals surface area contributed by atoms with E-state index >= 15 is 0 Å². The van der Waals surface area contributed by atoms with Crippen molar-refractivity contribution in [3.63, 3.8) is 0 Å². The lowest BCUT2D eigenvalue weighted by Crippen LogP contribution is -2.87. The molecule has 0 bridgehead atoms. The number of ether oxygens (including phenoxy) is 3. The molecule has 12 heteroatoms. The van der Waals surface area contributed by atoms with Crippen molar-refractivity contribution in [1.82, 2.24) is 0 Å². The average Bonchev–Trinajstić information content (AvgIpc) is 2.71. The fraction of sp³-hybridized carbons (Fsp3) is 0.522. The van der Waals surface area contributed by atoms with E-state index in [1.165, 1.54) is 12.1 Å². The van der Waals surface area contributed by atoms with E-state index in [-0.39, 0.29) is 11.5 Å². The summed E-state index contributed by atoms with van der Waals surface area (Å²) in [5, 5.41) is 44.6. The van der Waals surface area contributed by atoms with Crippen molar-refractivity contribution in [2.24, 2.45) is 0 Å². The number of hydrogen-bond donors (Lipinski definition) is 4. The van der Waals surface area contributed by atoms with Gasteiger partial charge < -0.3 is 34.6 Å². The highest BCUT2D eigenvalue weighted by atomic mass is 16.7. The highest BCUT2D eigenvalue weighted by Gasteiger charge is 2.80. The quantitative estimate of drug-likeness (QED) is 0.252. The van der Waals surface area contributed by atoms with Crippen LogP contribution in [0.2, 0.25) is 0 Å². The number of rotatable bonds is 8. The van der Waals surface area contributed by atoms with Crippen LogP contribution in [0.25, 0.3) is 0 Å². The first-order valence-corrected chi connectivity index (χ1v) is 10.5. The molecule has 0 aromatic heterocycles. The first-order chi connectivity index (χ1) is 15.9. The van der Waals surface area contributed by atoms with Gasteiger partial charge in [-0.15, -0.1) is 0 Å². The summed E-state index contributed by atoms with van der Waals surface area (Å²) < 4.78 is 16.0. The molecule has 0 spiro atoms. The van der Waals surface area contributed by atoms with E-state index in [0.29, 0.717) is 19.4 Å². The molecule has 1 aliphatic heterocycles. The van der Waals surface area contributed by atoms with Gasteiger partial charge in [-0.05, 0) is 52.3 Å². The summed E-state index contributed by atoms with van der Waals surface area (Å²) >= 11 is 0. The van der Waals surface area contributed by atoms with Crippen LogP contribution in [0.1, 0.15) is 40.2 Å². The summed E-state index contributed by atoms with van der Waals surface area (Å²) in [5.74, 6) is -6.07. The maximum Gasteiger partial charge on any atom is 0.308 e. The van der Waals surface area contributed by atoms with Gasteiger partial charge in [-0.3, -0.25) is 24.0 Å². The largest absolute Gasteiger partial charge is 0.461 e. The molecule has 4 N–H and O–H groups in total. The van der Waals surface area contributed by atoms with Gasteiger partial charge in [0.1, 0.15) is 23.7 Å². The van der Waals surface area contributed by atoms with E-state index in [1.807, 2.05) is 0 Å². The van der Waals surface area contributed by atoms with E-state index in [9.17, 15) is 44.4 Å². The van der Waals surface area contributed by atoms with Crippen molar-refractivity contribution < 1.29 is 58.6 Å². The van der Waals surface area contributed by atoms with Crippen LogP contribution in [0.3, 0.4) is 0 Å². The molecule has 1 aromatic carbocycles. The van der Waals surface area contributed by atoms with Crippen molar-refractivity contribution in [3.8, 4) is 11.5 Å². The average molecular weight is 496 g/mol. The van der Waals surface area contributed by atoms with Crippen LogP contribution in [-0.2, 0) is 28.7 Å². The van der Waals surface area contributed by atoms with E-state index in [2.05, 4.69) is 0 Å². The molecule has 1 aliphatic rings. The predicted molar refractivity (Wildman–Crippen MR) is 115 cm³/mol. The Hall–Kier alpha value is -3.03. The fourth-order valence-corrected chi connectivity index (χ4v) is 4.17. The molecule has 1 unspecified atom stereocenters. The number of hydrogen-bond acceptors (Lipinski definition) is 12. The Morgan fingerprint density at radius 3 is 1.80 bits per heavy atom. The number of carbonyl (C=O) groups excluding carboxylic acids is 5. The van der Waals surface area contributed by atoms with E-state index in [4.69, 9.17) is 14.2 Å². The topological polar surface area (TPSA) is 194 Å². The van der Waals surface area contributed by atoms with Gasteiger partial charge in [0.05, 0.1) is 0 Å². The third-order valence-electron chi connectivity index (χ3n) is 5.94. The smallest absolute Gasteiger partial charge is 0.308 e. The Bertz CT molecular complexity index is 1080. The Morgan fingerprint density at radius 1 is 0.857 bits per heavy atom. The summed E-state index contributed by atoms with van der Waals surface area (Å²) in [5.41, 5.74) is -10.00. The van der Waals surface area contributed by atoms with Crippen molar-refractivity contribution in [2.45, 2.75) is 76.8 Å². The van der Waals surface area contributed by atoms with Gasteiger partial charge in [-0.2, -0.15) is 0 Å². The minimum Gasteiger partial charge on any atom is -0.461 e. The number of esters is 1. The molecular weight excluding hydrogens is 468 g/mol. The number of aliphatic hydroxyl groups is 4. The second-order valence-corrected chi connectivity index (χ2v) is 8.55. The third kappa shape index (κ3) is 4.39. The number of benzene rings is 1. The normalized spacial score (nSPS) is 31.3. The van der Waals surface area contributed by atoms with Gasteiger partial charge in [0.15, 0.2) is 28.7 Å². The molecule has 1 saturated heterocycles. The molecule has 1 aromatic rings. The summed E-state index contributed by atoms with van der Waals surface area (Å²) in [6.45, 7) is 5.76. The zero-order chi connectivity index (χ0) is 27.1. The van der Waals surface area contributed by atoms with Crippen LogP contribution in [0.4, 0.5) is 0 Å². The van der Waals surface area contributed by atoms with Crippen molar-refractivity contribution in [1.29, 1.82) is 0 Å². The van der Waals surface area contributed by atoms with Gasteiger partial charge in [0.25, 0.3) is 0 Å².